The molecule has 2 aromatic rings. The van der Waals surface area contributed by atoms with Crippen LogP contribution in [0.1, 0.15) is 31.1 Å². The van der Waals surface area contributed by atoms with Crippen molar-refractivity contribution in [2.75, 3.05) is 5.32 Å². The van der Waals surface area contributed by atoms with Gasteiger partial charge in [0.1, 0.15) is 11.4 Å². The Hall–Kier alpha value is -2.64. The van der Waals surface area contributed by atoms with Crippen LogP contribution in [0, 0.1) is 0 Å². The van der Waals surface area contributed by atoms with Gasteiger partial charge in [0, 0.05) is 6.20 Å². The van der Waals surface area contributed by atoms with E-state index in [1.54, 1.807) is 20.8 Å². The first kappa shape index (κ1) is 13.8. The van der Waals surface area contributed by atoms with Gasteiger partial charge < -0.3 is 9.84 Å². The molecule has 8 nitrogen and oxygen atoms in total. The quantitative estimate of drug-likeness (QED) is 0.773. The van der Waals surface area contributed by atoms with Gasteiger partial charge in [-0.15, -0.1) is 0 Å². The second-order valence-corrected chi connectivity index (χ2v) is 5.13. The Morgan fingerprint density at radius 3 is 2.70 bits per heavy atom. The van der Waals surface area contributed by atoms with Crippen molar-refractivity contribution in [2.24, 2.45) is 0 Å². The number of carboxylic acids is 1. The molecule has 106 valence electrons. The molecule has 0 spiro atoms. The fraction of sp³-hybridized carbons (Fsp3) is 0.333. The normalized spacial score (nSPS) is 11.3. The number of nitrogens with zero attached hydrogens (tertiary/aromatic N) is 2. The Morgan fingerprint density at radius 2 is 2.10 bits per heavy atom. The van der Waals surface area contributed by atoms with Gasteiger partial charge in [0.25, 0.3) is 0 Å². The summed E-state index contributed by atoms with van der Waals surface area (Å²) in [4.78, 5) is 26.5. The number of fused-ring (bicyclic) bond motifs is 1. The second-order valence-electron chi connectivity index (χ2n) is 5.13. The molecule has 0 aliphatic carbocycles. The number of carboxylic acid groups (broad SMARTS) is 1. The number of pyridine rings is 1. The van der Waals surface area contributed by atoms with Crippen molar-refractivity contribution in [1.29, 1.82) is 0 Å². The molecule has 0 saturated heterocycles. The van der Waals surface area contributed by atoms with Crippen LogP contribution in [0.3, 0.4) is 0 Å². The van der Waals surface area contributed by atoms with Crippen LogP contribution < -0.4 is 5.32 Å². The fourth-order valence-corrected chi connectivity index (χ4v) is 1.52. The number of carbonyl (C=O) groups is 2. The van der Waals surface area contributed by atoms with Gasteiger partial charge in [-0.25, -0.2) is 14.6 Å². The molecule has 8 heteroatoms. The second kappa shape index (κ2) is 4.80. The van der Waals surface area contributed by atoms with Gasteiger partial charge in [-0.2, -0.15) is 5.10 Å². The van der Waals surface area contributed by atoms with Gasteiger partial charge in [0.05, 0.1) is 10.9 Å². The van der Waals surface area contributed by atoms with E-state index in [-0.39, 0.29) is 11.4 Å². The minimum Gasteiger partial charge on any atom is -0.478 e. The van der Waals surface area contributed by atoms with E-state index < -0.39 is 17.7 Å². The number of amides is 1. The van der Waals surface area contributed by atoms with Gasteiger partial charge in [-0.05, 0) is 26.8 Å². The molecule has 2 heterocycles. The fourth-order valence-electron chi connectivity index (χ4n) is 1.52. The summed E-state index contributed by atoms with van der Waals surface area (Å²) in [5, 5.41) is 18.2. The first-order valence-corrected chi connectivity index (χ1v) is 5.84. The molecular weight excluding hydrogens is 264 g/mol. The molecule has 0 saturated carbocycles. The number of hydrogen-bond donors (Lipinski definition) is 3. The summed E-state index contributed by atoms with van der Waals surface area (Å²) in [6.07, 6.45) is 0.534. The molecule has 3 N–H and O–H groups in total. The number of aromatic carboxylic acids is 1. The molecule has 0 aliphatic rings. The van der Waals surface area contributed by atoms with Crippen molar-refractivity contribution in [3.8, 4) is 0 Å². The molecular formula is C12H14N4O4. The highest BCUT2D eigenvalue weighted by molar-refractivity contribution is 5.99. The lowest BCUT2D eigenvalue weighted by atomic mass is 10.2. The first-order valence-electron chi connectivity index (χ1n) is 5.84. The highest BCUT2D eigenvalue weighted by Crippen LogP contribution is 2.20. The largest absolute Gasteiger partial charge is 0.478 e. The summed E-state index contributed by atoms with van der Waals surface area (Å²) in [6.45, 7) is 5.21. The zero-order valence-corrected chi connectivity index (χ0v) is 11.2. The predicted molar refractivity (Wildman–Crippen MR) is 70.7 cm³/mol. The maximum absolute atomic E-state index is 11.7. The minimum absolute atomic E-state index is 0.00568. The molecule has 2 rings (SSSR count). The Balaban J connectivity index is 2.28. The number of anilines is 1. The molecule has 2 aromatic heterocycles. The zero-order valence-electron chi connectivity index (χ0n) is 11.2. The Labute approximate surface area is 114 Å². The van der Waals surface area contributed by atoms with Gasteiger partial charge in [-0.1, -0.05) is 0 Å². The van der Waals surface area contributed by atoms with E-state index in [1.807, 2.05) is 0 Å². The molecule has 0 aromatic carbocycles. The molecule has 0 radical (unpaired) electrons. The van der Waals surface area contributed by atoms with Crippen molar-refractivity contribution in [2.45, 2.75) is 26.4 Å². The van der Waals surface area contributed by atoms with E-state index in [0.29, 0.717) is 11.0 Å². The van der Waals surface area contributed by atoms with Gasteiger partial charge in [-0.3, -0.25) is 10.4 Å². The highest BCUT2D eigenvalue weighted by Gasteiger charge is 2.18. The van der Waals surface area contributed by atoms with Crippen molar-refractivity contribution in [3.63, 3.8) is 0 Å². The highest BCUT2D eigenvalue weighted by atomic mass is 16.6. The van der Waals surface area contributed by atoms with Crippen molar-refractivity contribution >= 4 is 28.9 Å². The molecule has 20 heavy (non-hydrogen) atoms. The van der Waals surface area contributed by atoms with Gasteiger partial charge in [0.15, 0.2) is 5.65 Å². The van der Waals surface area contributed by atoms with Crippen molar-refractivity contribution in [3.05, 3.63) is 17.8 Å². The van der Waals surface area contributed by atoms with Crippen LogP contribution in [0.15, 0.2) is 12.3 Å². The van der Waals surface area contributed by atoms with Crippen LogP contribution in [0.2, 0.25) is 0 Å². The third kappa shape index (κ3) is 3.02. The van der Waals surface area contributed by atoms with Crippen molar-refractivity contribution in [1.82, 2.24) is 15.2 Å². The third-order valence-corrected chi connectivity index (χ3v) is 2.28. The topological polar surface area (TPSA) is 117 Å². The summed E-state index contributed by atoms with van der Waals surface area (Å²) in [6, 6.07) is 1.38. The molecule has 0 bridgehead atoms. The lowest BCUT2D eigenvalue weighted by molar-refractivity contribution is 0.0633. The first-order chi connectivity index (χ1) is 9.26. The molecule has 0 fully saturated rings. The number of rotatable bonds is 2. The SMILES string of the molecule is CC(C)(C)OC(=O)Nc1[nH]nc2ncc(C(=O)O)cc12. The summed E-state index contributed by atoms with van der Waals surface area (Å²) >= 11 is 0. The van der Waals surface area contributed by atoms with Crippen LogP contribution >= 0.6 is 0 Å². The molecule has 0 atom stereocenters. The number of aromatic amines is 1. The smallest absolute Gasteiger partial charge is 0.413 e. The lowest BCUT2D eigenvalue weighted by Gasteiger charge is -2.19. The van der Waals surface area contributed by atoms with E-state index >= 15 is 0 Å². The average Bonchev–Trinajstić information content (AvgIpc) is 2.69. The number of nitrogens with one attached hydrogen (secondary N) is 2. The number of aromatic nitrogens is 3. The number of hydrogen-bond acceptors (Lipinski definition) is 5. The average molecular weight is 278 g/mol. The third-order valence-electron chi connectivity index (χ3n) is 2.28. The Morgan fingerprint density at radius 1 is 1.40 bits per heavy atom. The van der Waals surface area contributed by atoms with Crippen LogP contribution in [0.5, 0.6) is 0 Å². The van der Waals surface area contributed by atoms with Crippen LogP contribution in [-0.2, 0) is 4.74 Å². The van der Waals surface area contributed by atoms with Crippen molar-refractivity contribution < 1.29 is 19.4 Å². The van der Waals surface area contributed by atoms with Gasteiger partial charge in [0.2, 0.25) is 0 Å². The Kier molecular flexibility index (Phi) is 3.31. The van der Waals surface area contributed by atoms with E-state index in [2.05, 4.69) is 20.5 Å². The maximum Gasteiger partial charge on any atom is 0.413 e. The number of H-pyrrole nitrogens is 1. The monoisotopic (exact) mass is 278 g/mol. The maximum atomic E-state index is 11.7. The lowest BCUT2D eigenvalue weighted by Crippen LogP contribution is -2.27. The van der Waals surface area contributed by atoms with E-state index in [9.17, 15) is 9.59 Å². The van der Waals surface area contributed by atoms with E-state index in [0.717, 1.165) is 0 Å². The summed E-state index contributed by atoms with van der Waals surface area (Å²) in [7, 11) is 0. The van der Waals surface area contributed by atoms with E-state index in [4.69, 9.17) is 9.84 Å². The van der Waals surface area contributed by atoms with Crippen LogP contribution in [0.4, 0.5) is 10.6 Å². The minimum atomic E-state index is -1.11. The zero-order chi connectivity index (χ0) is 14.9. The summed E-state index contributed by atoms with van der Waals surface area (Å²) in [5.41, 5.74) is -0.322. The standard InChI is InChI=1S/C12H14N4O4/c1-12(2,3)20-11(19)14-9-7-4-6(10(17)18)5-13-8(7)15-16-9/h4-5H,1-3H3,(H,17,18)(H2,13,14,15,16,19). The number of ether oxygens (including phenoxy) is 1. The molecule has 0 aliphatic heterocycles. The molecule has 1 amide bonds. The molecule has 0 unspecified atom stereocenters. The predicted octanol–water partition coefficient (Wildman–Crippen LogP) is 2.00. The summed E-state index contributed by atoms with van der Waals surface area (Å²) in [5.74, 6) is -0.867. The number of carbonyl (C=O) groups excluding carboxylic acids is 1. The van der Waals surface area contributed by atoms with Crippen LogP contribution in [-0.4, -0.2) is 38.0 Å². The van der Waals surface area contributed by atoms with Gasteiger partial charge >= 0.3 is 12.1 Å². The Bertz CT molecular complexity index is 672. The van der Waals surface area contributed by atoms with E-state index in [1.165, 1.54) is 12.3 Å². The van der Waals surface area contributed by atoms with Crippen LogP contribution in [0.25, 0.3) is 11.0 Å². The summed E-state index contributed by atoms with van der Waals surface area (Å²) < 4.78 is 5.10.